The number of carbonyl (C=O) groups excluding carboxylic acids is 1. The first-order chi connectivity index (χ1) is 14.3. The highest BCUT2D eigenvalue weighted by Gasteiger charge is 2.26. The maximum Gasteiger partial charge on any atom is 0.261 e. The van der Waals surface area contributed by atoms with Gasteiger partial charge in [0.15, 0.2) is 15.0 Å². The van der Waals surface area contributed by atoms with Gasteiger partial charge in [-0.15, -0.1) is 0 Å². The summed E-state index contributed by atoms with van der Waals surface area (Å²) in [4.78, 5) is 19.1. The van der Waals surface area contributed by atoms with Gasteiger partial charge in [0, 0.05) is 25.2 Å². The molecule has 0 radical (unpaired) electrons. The molecule has 0 fully saturated rings. The Kier molecular flexibility index (Phi) is 5.35. The highest BCUT2D eigenvalue weighted by molar-refractivity contribution is 7.90. The topological polar surface area (TPSA) is 85.2 Å². The van der Waals surface area contributed by atoms with Crippen LogP contribution in [0.1, 0.15) is 10.4 Å². The Hall–Kier alpha value is -3.11. The lowest BCUT2D eigenvalue weighted by atomic mass is 10.2. The van der Waals surface area contributed by atoms with E-state index in [1.54, 1.807) is 47.4 Å². The molecule has 10 heteroatoms. The molecule has 30 heavy (non-hydrogen) atoms. The van der Waals surface area contributed by atoms with Gasteiger partial charge in [-0.25, -0.2) is 17.8 Å². The van der Waals surface area contributed by atoms with Crippen LogP contribution in [0.5, 0.6) is 0 Å². The highest BCUT2D eigenvalue weighted by Crippen LogP contribution is 2.31. The molecular formula is C20H17FN4O3S2. The number of nitrogens with zero attached hydrogens (tertiary/aromatic N) is 4. The van der Waals surface area contributed by atoms with Gasteiger partial charge in [0.25, 0.3) is 5.91 Å². The molecule has 0 unspecified atom stereocenters. The second kappa shape index (κ2) is 7.96. The SMILES string of the molecule is CS(=O)(=O)c1ccccc1C(=O)N(CCn1cccn1)c1nc2c(F)cccc2s1. The first-order valence-electron chi connectivity index (χ1n) is 8.98. The molecule has 4 aromatic rings. The van der Waals surface area contributed by atoms with Crippen molar-refractivity contribution >= 4 is 42.4 Å². The Balaban J connectivity index is 1.79. The summed E-state index contributed by atoms with van der Waals surface area (Å²) in [7, 11) is -3.63. The van der Waals surface area contributed by atoms with Crippen molar-refractivity contribution in [1.29, 1.82) is 0 Å². The average Bonchev–Trinajstić information content (AvgIpc) is 3.38. The maximum atomic E-state index is 14.2. The Morgan fingerprint density at radius 1 is 1.17 bits per heavy atom. The van der Waals surface area contributed by atoms with Crippen LogP contribution in [0.15, 0.2) is 65.8 Å². The van der Waals surface area contributed by atoms with E-state index < -0.39 is 21.6 Å². The predicted molar refractivity (Wildman–Crippen MR) is 113 cm³/mol. The van der Waals surface area contributed by atoms with E-state index in [9.17, 15) is 17.6 Å². The van der Waals surface area contributed by atoms with E-state index in [1.165, 1.54) is 34.4 Å². The van der Waals surface area contributed by atoms with Crippen molar-refractivity contribution in [2.24, 2.45) is 0 Å². The minimum Gasteiger partial charge on any atom is -0.282 e. The molecule has 2 aromatic carbocycles. The molecule has 0 aliphatic heterocycles. The number of aromatic nitrogens is 3. The van der Waals surface area contributed by atoms with Gasteiger partial charge in [0.05, 0.1) is 21.7 Å². The van der Waals surface area contributed by atoms with Crippen LogP contribution in [-0.4, -0.2) is 41.9 Å². The van der Waals surface area contributed by atoms with Gasteiger partial charge in [-0.2, -0.15) is 5.10 Å². The standard InChI is InChI=1S/C20H17FN4O3S2/c1-30(27,28)17-9-3-2-6-14(17)19(26)25(13-12-24-11-5-10-22-24)20-23-18-15(21)7-4-8-16(18)29-20/h2-11H,12-13H2,1H3. The molecule has 0 N–H and O–H groups in total. The van der Waals surface area contributed by atoms with E-state index in [4.69, 9.17) is 0 Å². The number of anilines is 1. The molecule has 0 aliphatic rings. The molecule has 2 heterocycles. The van der Waals surface area contributed by atoms with E-state index in [0.29, 0.717) is 11.2 Å². The van der Waals surface area contributed by atoms with Crippen LogP contribution in [0.25, 0.3) is 10.2 Å². The first kappa shape index (κ1) is 20.2. The lowest BCUT2D eigenvalue weighted by Crippen LogP contribution is -2.34. The zero-order chi connectivity index (χ0) is 21.3. The molecule has 0 bridgehead atoms. The summed E-state index contributed by atoms with van der Waals surface area (Å²) < 4.78 is 40.8. The lowest BCUT2D eigenvalue weighted by molar-refractivity contribution is 0.0982. The van der Waals surface area contributed by atoms with Gasteiger partial charge in [-0.05, 0) is 30.3 Å². The summed E-state index contributed by atoms with van der Waals surface area (Å²) in [6, 6.07) is 12.4. The third-order valence-electron chi connectivity index (χ3n) is 4.46. The van der Waals surface area contributed by atoms with Crippen molar-refractivity contribution in [1.82, 2.24) is 14.8 Å². The molecular weight excluding hydrogens is 427 g/mol. The third-order valence-corrected chi connectivity index (χ3v) is 6.66. The maximum absolute atomic E-state index is 14.2. The minimum absolute atomic E-state index is 0.0418. The summed E-state index contributed by atoms with van der Waals surface area (Å²) >= 11 is 1.17. The van der Waals surface area contributed by atoms with E-state index in [2.05, 4.69) is 10.1 Å². The smallest absolute Gasteiger partial charge is 0.261 e. The van der Waals surface area contributed by atoms with Crippen LogP contribution < -0.4 is 4.90 Å². The first-order valence-corrected chi connectivity index (χ1v) is 11.7. The summed E-state index contributed by atoms with van der Waals surface area (Å²) in [6.07, 6.45) is 4.43. The largest absolute Gasteiger partial charge is 0.282 e. The van der Waals surface area contributed by atoms with Crippen molar-refractivity contribution in [2.45, 2.75) is 11.4 Å². The van der Waals surface area contributed by atoms with E-state index in [1.807, 2.05) is 0 Å². The monoisotopic (exact) mass is 444 g/mol. The van der Waals surface area contributed by atoms with E-state index in [-0.39, 0.29) is 27.7 Å². The van der Waals surface area contributed by atoms with Gasteiger partial charge in [0.1, 0.15) is 11.3 Å². The number of hydrogen-bond acceptors (Lipinski definition) is 6. The van der Waals surface area contributed by atoms with Gasteiger partial charge in [-0.3, -0.25) is 14.4 Å². The molecule has 0 spiro atoms. The zero-order valence-electron chi connectivity index (χ0n) is 15.9. The fourth-order valence-corrected chi connectivity index (χ4v) is 4.93. The number of thiazole rings is 1. The molecule has 0 atom stereocenters. The normalized spacial score (nSPS) is 11.7. The lowest BCUT2D eigenvalue weighted by Gasteiger charge is -2.21. The molecule has 0 saturated carbocycles. The number of benzene rings is 2. The second-order valence-electron chi connectivity index (χ2n) is 6.58. The van der Waals surface area contributed by atoms with Gasteiger partial charge in [0.2, 0.25) is 0 Å². The number of hydrogen-bond donors (Lipinski definition) is 0. The zero-order valence-corrected chi connectivity index (χ0v) is 17.5. The molecule has 0 saturated heterocycles. The van der Waals surface area contributed by atoms with Crippen molar-refractivity contribution in [2.75, 3.05) is 17.7 Å². The number of para-hydroxylation sites is 1. The number of sulfone groups is 1. The summed E-state index contributed by atoms with van der Waals surface area (Å²) in [6.45, 7) is 0.540. The molecule has 154 valence electrons. The number of carbonyl (C=O) groups is 1. The van der Waals surface area contributed by atoms with Crippen molar-refractivity contribution in [3.05, 3.63) is 72.3 Å². The fourth-order valence-electron chi connectivity index (χ4n) is 3.05. The molecule has 1 amide bonds. The van der Waals surface area contributed by atoms with Gasteiger partial charge >= 0.3 is 0 Å². The predicted octanol–water partition coefficient (Wildman–Crippen LogP) is 3.38. The highest BCUT2D eigenvalue weighted by atomic mass is 32.2. The summed E-state index contributed by atoms with van der Waals surface area (Å²) in [5.41, 5.74) is 0.214. The van der Waals surface area contributed by atoms with Gasteiger partial charge in [-0.1, -0.05) is 29.5 Å². The molecule has 7 nitrogen and oxygen atoms in total. The minimum atomic E-state index is -3.63. The molecule has 2 aromatic heterocycles. The van der Waals surface area contributed by atoms with Crippen LogP contribution in [-0.2, 0) is 16.4 Å². The number of amides is 1. The fraction of sp³-hybridized carbons (Fsp3) is 0.150. The van der Waals surface area contributed by atoms with Crippen molar-refractivity contribution < 1.29 is 17.6 Å². The van der Waals surface area contributed by atoms with Crippen molar-refractivity contribution in [3.63, 3.8) is 0 Å². The number of fused-ring (bicyclic) bond motifs is 1. The Morgan fingerprint density at radius 2 is 1.97 bits per heavy atom. The van der Waals surface area contributed by atoms with Crippen LogP contribution in [0.4, 0.5) is 9.52 Å². The van der Waals surface area contributed by atoms with Crippen molar-refractivity contribution in [3.8, 4) is 0 Å². The molecule has 0 aliphatic carbocycles. The second-order valence-corrected chi connectivity index (χ2v) is 9.57. The average molecular weight is 445 g/mol. The van der Waals surface area contributed by atoms with Crippen LogP contribution in [0, 0.1) is 5.82 Å². The Bertz CT molecular complexity index is 1320. The molecule has 4 rings (SSSR count). The van der Waals surface area contributed by atoms with Crippen LogP contribution in [0.3, 0.4) is 0 Å². The quantitative estimate of drug-likeness (QED) is 0.455. The Labute approximate surface area is 176 Å². The number of rotatable bonds is 6. The van der Waals surface area contributed by atoms with E-state index in [0.717, 1.165) is 6.26 Å². The van der Waals surface area contributed by atoms with Gasteiger partial charge < -0.3 is 0 Å². The Morgan fingerprint density at radius 3 is 2.67 bits per heavy atom. The third kappa shape index (κ3) is 3.96. The summed E-state index contributed by atoms with van der Waals surface area (Å²) in [5, 5.41) is 4.42. The number of halogens is 1. The van der Waals surface area contributed by atoms with E-state index >= 15 is 0 Å². The summed E-state index contributed by atoms with van der Waals surface area (Å²) in [5.74, 6) is -1.01. The van der Waals surface area contributed by atoms with Crippen LogP contribution >= 0.6 is 11.3 Å². The van der Waals surface area contributed by atoms with Crippen LogP contribution in [0.2, 0.25) is 0 Å².